The van der Waals surface area contributed by atoms with Gasteiger partial charge in [0.05, 0.1) is 0 Å². The van der Waals surface area contributed by atoms with Gasteiger partial charge in [-0.2, -0.15) is 0 Å². The van der Waals surface area contributed by atoms with Crippen LogP contribution in [-0.2, 0) is 0 Å². The molecule has 0 amide bonds. The van der Waals surface area contributed by atoms with Gasteiger partial charge in [0.1, 0.15) is 5.75 Å². The lowest BCUT2D eigenvalue weighted by Gasteiger charge is -2.03. The van der Waals surface area contributed by atoms with Gasteiger partial charge in [-0.15, -0.1) is 0 Å². The summed E-state index contributed by atoms with van der Waals surface area (Å²) in [4.78, 5) is 0. The van der Waals surface area contributed by atoms with Gasteiger partial charge in [-0.25, -0.2) is 0 Å². The van der Waals surface area contributed by atoms with Crippen molar-refractivity contribution in [2.24, 2.45) is 0 Å². The molecule has 1 heteroatoms. The van der Waals surface area contributed by atoms with Gasteiger partial charge in [-0.3, -0.25) is 0 Å². The van der Waals surface area contributed by atoms with E-state index in [2.05, 4.69) is 52.0 Å². The first-order valence-electron chi connectivity index (χ1n) is 6.84. The second-order valence-electron chi connectivity index (χ2n) is 5.31. The van der Waals surface area contributed by atoms with Gasteiger partial charge in [0, 0.05) is 0 Å². The molecule has 2 rings (SSSR count). The van der Waals surface area contributed by atoms with Crippen molar-refractivity contribution in [2.45, 2.75) is 39.5 Å². The van der Waals surface area contributed by atoms with Crippen LogP contribution >= 0.6 is 0 Å². The summed E-state index contributed by atoms with van der Waals surface area (Å²) < 4.78 is 0. The molecule has 0 saturated heterocycles. The Kier molecular flexibility index (Phi) is 6.14. The smallest absolute Gasteiger partial charge is 0.115 e. The van der Waals surface area contributed by atoms with Gasteiger partial charge >= 0.3 is 0 Å². The number of aromatic hydroxyl groups is 1. The fourth-order valence-corrected chi connectivity index (χ4v) is 1.70. The molecule has 19 heavy (non-hydrogen) atoms. The zero-order valence-electron chi connectivity index (χ0n) is 12.3. The summed E-state index contributed by atoms with van der Waals surface area (Å²) >= 11 is 0. The highest BCUT2D eigenvalue weighted by Gasteiger charge is 1.96. The molecule has 1 nitrogen and oxygen atoms in total. The maximum Gasteiger partial charge on any atom is 0.115 e. The molecule has 2 aromatic rings. The van der Waals surface area contributed by atoms with Gasteiger partial charge in [0.25, 0.3) is 0 Å². The molecule has 0 unspecified atom stereocenters. The summed E-state index contributed by atoms with van der Waals surface area (Å²) in [6.07, 6.45) is 0. The van der Waals surface area contributed by atoms with Gasteiger partial charge < -0.3 is 5.11 Å². The van der Waals surface area contributed by atoms with Crippen LogP contribution < -0.4 is 0 Å². The largest absolute Gasteiger partial charge is 0.508 e. The van der Waals surface area contributed by atoms with Crippen LogP contribution in [0.15, 0.2) is 54.6 Å². The lowest BCUT2D eigenvalue weighted by molar-refractivity contribution is 0.475. The second kappa shape index (κ2) is 7.63. The maximum absolute atomic E-state index is 8.94. The number of rotatable bonds is 2. The molecule has 2 aromatic carbocycles. The van der Waals surface area contributed by atoms with E-state index < -0.39 is 0 Å². The number of phenolic OH excluding ortho intramolecular Hbond substituents is 1. The number of benzene rings is 2. The van der Waals surface area contributed by atoms with Crippen molar-refractivity contribution < 1.29 is 5.11 Å². The number of hydrogen-bond acceptors (Lipinski definition) is 1. The summed E-state index contributed by atoms with van der Waals surface area (Å²) in [5, 5.41) is 8.94. The van der Waals surface area contributed by atoms with E-state index in [1.165, 1.54) is 11.1 Å². The van der Waals surface area contributed by atoms with Crippen molar-refractivity contribution >= 4 is 0 Å². The first-order chi connectivity index (χ1) is 9.00. The molecule has 1 N–H and O–H groups in total. The van der Waals surface area contributed by atoms with E-state index in [0.717, 1.165) is 0 Å². The summed E-state index contributed by atoms with van der Waals surface area (Å²) in [5.41, 5.74) is 2.68. The lowest BCUT2D eigenvalue weighted by atomic mass is 10.0. The van der Waals surface area contributed by atoms with E-state index in [9.17, 15) is 0 Å². The average Bonchev–Trinajstić information content (AvgIpc) is 2.41. The van der Waals surface area contributed by atoms with Crippen LogP contribution in [0.1, 0.15) is 50.7 Å². The third kappa shape index (κ3) is 5.60. The number of phenols is 1. The van der Waals surface area contributed by atoms with Gasteiger partial charge in [-0.05, 0) is 35.1 Å². The fourth-order valence-electron chi connectivity index (χ4n) is 1.70. The second-order valence-corrected chi connectivity index (χ2v) is 5.31. The SMILES string of the molecule is CC(C)c1ccc(O)cc1.CC(C)c1ccccc1. The monoisotopic (exact) mass is 256 g/mol. The van der Waals surface area contributed by atoms with E-state index in [1.54, 1.807) is 12.1 Å². The molecule has 0 saturated carbocycles. The van der Waals surface area contributed by atoms with Crippen LogP contribution in [0.25, 0.3) is 0 Å². The molecule has 0 atom stereocenters. The lowest BCUT2D eigenvalue weighted by Crippen LogP contribution is -1.84. The third-order valence-corrected chi connectivity index (χ3v) is 3.03. The normalized spacial score (nSPS) is 10.2. The molecule has 0 spiro atoms. The quantitative estimate of drug-likeness (QED) is 0.770. The summed E-state index contributed by atoms with van der Waals surface area (Å²) in [6, 6.07) is 17.8. The van der Waals surface area contributed by atoms with Crippen molar-refractivity contribution in [3.8, 4) is 5.75 Å². The topological polar surface area (TPSA) is 20.2 Å². The Morgan fingerprint density at radius 1 is 0.632 bits per heavy atom. The molecule has 0 heterocycles. The Morgan fingerprint density at radius 3 is 1.42 bits per heavy atom. The standard InChI is InChI=1S/C9H12O.C9H12/c1-7(2)8-3-5-9(10)6-4-8;1-8(2)9-6-4-3-5-7-9/h3-7,10H,1-2H3;3-8H,1-2H3. The highest BCUT2D eigenvalue weighted by atomic mass is 16.3. The van der Waals surface area contributed by atoms with Crippen LogP contribution in [0.5, 0.6) is 5.75 Å². The Balaban J connectivity index is 0.000000191. The van der Waals surface area contributed by atoms with Crippen LogP contribution in [0.4, 0.5) is 0 Å². The Hall–Kier alpha value is -1.76. The predicted molar refractivity (Wildman–Crippen MR) is 82.7 cm³/mol. The van der Waals surface area contributed by atoms with E-state index in [0.29, 0.717) is 17.6 Å². The highest BCUT2D eigenvalue weighted by molar-refractivity contribution is 5.27. The minimum absolute atomic E-state index is 0.337. The minimum atomic E-state index is 0.337. The van der Waals surface area contributed by atoms with Crippen LogP contribution in [-0.4, -0.2) is 5.11 Å². The summed E-state index contributed by atoms with van der Waals surface area (Å²) in [5.74, 6) is 1.54. The Bertz CT molecular complexity index is 455. The summed E-state index contributed by atoms with van der Waals surface area (Å²) in [6.45, 7) is 8.67. The number of hydrogen-bond donors (Lipinski definition) is 1. The molecule has 0 aliphatic heterocycles. The maximum atomic E-state index is 8.94. The molecule has 0 radical (unpaired) electrons. The molecular weight excluding hydrogens is 232 g/mol. The van der Waals surface area contributed by atoms with E-state index in [1.807, 2.05) is 18.2 Å². The third-order valence-electron chi connectivity index (χ3n) is 3.03. The van der Waals surface area contributed by atoms with Crippen LogP contribution in [0, 0.1) is 0 Å². The van der Waals surface area contributed by atoms with Gasteiger partial charge in [-0.1, -0.05) is 70.2 Å². The Morgan fingerprint density at radius 2 is 1.05 bits per heavy atom. The van der Waals surface area contributed by atoms with Crippen molar-refractivity contribution in [2.75, 3.05) is 0 Å². The van der Waals surface area contributed by atoms with Crippen molar-refractivity contribution in [1.29, 1.82) is 0 Å². The summed E-state index contributed by atoms with van der Waals surface area (Å²) in [7, 11) is 0. The molecule has 0 fully saturated rings. The van der Waals surface area contributed by atoms with Gasteiger partial charge in [0.15, 0.2) is 0 Å². The van der Waals surface area contributed by atoms with E-state index in [4.69, 9.17) is 5.11 Å². The highest BCUT2D eigenvalue weighted by Crippen LogP contribution is 2.16. The van der Waals surface area contributed by atoms with Crippen molar-refractivity contribution in [3.63, 3.8) is 0 Å². The molecular formula is C18H24O. The van der Waals surface area contributed by atoms with E-state index in [-0.39, 0.29) is 0 Å². The zero-order valence-corrected chi connectivity index (χ0v) is 12.3. The van der Waals surface area contributed by atoms with Gasteiger partial charge in [0.2, 0.25) is 0 Å². The van der Waals surface area contributed by atoms with Crippen LogP contribution in [0.3, 0.4) is 0 Å². The van der Waals surface area contributed by atoms with Crippen molar-refractivity contribution in [3.05, 3.63) is 65.7 Å². The zero-order chi connectivity index (χ0) is 14.3. The van der Waals surface area contributed by atoms with E-state index >= 15 is 0 Å². The first-order valence-corrected chi connectivity index (χ1v) is 6.84. The molecule has 0 aliphatic carbocycles. The molecule has 0 aliphatic rings. The fraction of sp³-hybridized carbons (Fsp3) is 0.333. The van der Waals surface area contributed by atoms with Crippen molar-refractivity contribution in [1.82, 2.24) is 0 Å². The molecule has 0 bridgehead atoms. The average molecular weight is 256 g/mol. The Labute approximate surface area is 116 Å². The minimum Gasteiger partial charge on any atom is -0.508 e. The first kappa shape index (κ1) is 15.3. The molecule has 102 valence electrons. The molecule has 0 aromatic heterocycles. The van der Waals surface area contributed by atoms with Crippen LogP contribution in [0.2, 0.25) is 0 Å². The predicted octanol–water partition coefficient (Wildman–Crippen LogP) is 5.33.